The molecule has 0 aliphatic heterocycles. The second-order valence-electron chi connectivity index (χ2n) is 6.16. The van der Waals surface area contributed by atoms with E-state index in [1.165, 1.54) is 12.2 Å². The Bertz CT molecular complexity index is 1040. The second-order valence-corrected chi connectivity index (χ2v) is 8.65. The Morgan fingerprint density at radius 1 is 0.700 bits per heavy atom. The van der Waals surface area contributed by atoms with Gasteiger partial charge in [0, 0.05) is 19.3 Å². The van der Waals surface area contributed by atoms with Gasteiger partial charge in [-0.15, -0.1) is 0 Å². The van der Waals surface area contributed by atoms with Crippen LogP contribution in [0.3, 0.4) is 0 Å². The molecule has 0 saturated carbocycles. The maximum atomic E-state index is 12.2. The van der Waals surface area contributed by atoms with Crippen LogP contribution in [0.2, 0.25) is 0 Å². The molecular weight excluding hydrogens is 604 g/mol. The average Bonchev–Trinajstić information content (AvgIpc) is 2.71. The SMILES string of the molecule is O=C(C=Cc1cccc(I)c1)Nc1cccc(NC(=O)C=Cc2cccc(I)c2)n1. The fraction of sp³-hybridized carbons (Fsp3) is 0. The molecular formula is C23H17I2N3O2. The zero-order valence-electron chi connectivity index (χ0n) is 15.7. The first-order valence-corrected chi connectivity index (χ1v) is 11.1. The number of carbonyl (C=O) groups is 2. The molecule has 1 aromatic heterocycles. The van der Waals surface area contributed by atoms with Crippen molar-refractivity contribution in [1.82, 2.24) is 4.98 Å². The smallest absolute Gasteiger partial charge is 0.249 e. The largest absolute Gasteiger partial charge is 0.307 e. The third kappa shape index (κ3) is 7.38. The van der Waals surface area contributed by atoms with Crippen molar-refractivity contribution in [3.63, 3.8) is 0 Å². The molecule has 1 heterocycles. The van der Waals surface area contributed by atoms with Crippen LogP contribution >= 0.6 is 45.2 Å². The van der Waals surface area contributed by atoms with Gasteiger partial charge in [0.2, 0.25) is 11.8 Å². The Morgan fingerprint density at radius 2 is 1.13 bits per heavy atom. The molecule has 2 aromatic carbocycles. The first-order valence-electron chi connectivity index (χ1n) is 8.94. The Labute approximate surface area is 202 Å². The van der Waals surface area contributed by atoms with Gasteiger partial charge < -0.3 is 10.6 Å². The minimum atomic E-state index is -0.302. The summed E-state index contributed by atoms with van der Waals surface area (Å²) in [7, 11) is 0. The molecule has 0 bridgehead atoms. The van der Waals surface area contributed by atoms with Gasteiger partial charge in [-0.05, 0) is 105 Å². The Hall–Kier alpha value is -2.53. The topological polar surface area (TPSA) is 71.1 Å². The van der Waals surface area contributed by atoms with Crippen molar-refractivity contribution in [1.29, 1.82) is 0 Å². The number of hydrogen-bond acceptors (Lipinski definition) is 3. The van der Waals surface area contributed by atoms with E-state index in [4.69, 9.17) is 0 Å². The molecule has 0 fully saturated rings. The maximum absolute atomic E-state index is 12.2. The summed E-state index contributed by atoms with van der Waals surface area (Å²) in [5, 5.41) is 5.39. The first-order chi connectivity index (χ1) is 14.5. The van der Waals surface area contributed by atoms with Crippen molar-refractivity contribution < 1.29 is 9.59 Å². The molecule has 0 saturated heterocycles. The molecule has 3 rings (SSSR count). The van der Waals surface area contributed by atoms with Crippen molar-refractivity contribution in [2.45, 2.75) is 0 Å². The third-order valence-electron chi connectivity index (χ3n) is 3.80. The predicted octanol–water partition coefficient (Wildman–Crippen LogP) is 5.59. The highest BCUT2D eigenvalue weighted by atomic mass is 127. The number of carbonyl (C=O) groups excluding carboxylic acids is 2. The molecule has 30 heavy (non-hydrogen) atoms. The fourth-order valence-corrected chi connectivity index (χ4v) is 3.61. The van der Waals surface area contributed by atoms with Crippen LogP contribution in [0.25, 0.3) is 12.2 Å². The summed E-state index contributed by atoms with van der Waals surface area (Å²) in [4.78, 5) is 28.6. The summed E-state index contributed by atoms with van der Waals surface area (Å²) in [5.41, 5.74) is 1.87. The van der Waals surface area contributed by atoms with Crippen molar-refractivity contribution in [2.75, 3.05) is 10.6 Å². The molecule has 0 spiro atoms. The van der Waals surface area contributed by atoms with E-state index in [-0.39, 0.29) is 11.8 Å². The van der Waals surface area contributed by atoms with Gasteiger partial charge in [0.1, 0.15) is 11.6 Å². The van der Waals surface area contributed by atoms with Gasteiger partial charge in [-0.1, -0.05) is 30.3 Å². The number of aromatic nitrogens is 1. The molecule has 0 aliphatic rings. The minimum Gasteiger partial charge on any atom is -0.307 e. The lowest BCUT2D eigenvalue weighted by Crippen LogP contribution is -2.12. The molecule has 2 N–H and O–H groups in total. The van der Waals surface area contributed by atoms with Crippen molar-refractivity contribution in [2.24, 2.45) is 0 Å². The van der Waals surface area contributed by atoms with Crippen LogP contribution in [0.5, 0.6) is 0 Å². The number of rotatable bonds is 6. The van der Waals surface area contributed by atoms with E-state index in [2.05, 4.69) is 60.8 Å². The van der Waals surface area contributed by atoms with Gasteiger partial charge >= 0.3 is 0 Å². The van der Waals surface area contributed by atoms with E-state index in [9.17, 15) is 9.59 Å². The van der Waals surface area contributed by atoms with Gasteiger partial charge in [-0.3, -0.25) is 9.59 Å². The van der Waals surface area contributed by atoms with E-state index in [1.807, 2.05) is 48.5 Å². The number of anilines is 2. The van der Waals surface area contributed by atoms with Gasteiger partial charge in [0.05, 0.1) is 0 Å². The quantitative estimate of drug-likeness (QED) is 0.279. The van der Waals surface area contributed by atoms with Crippen LogP contribution in [-0.4, -0.2) is 16.8 Å². The summed E-state index contributed by atoms with van der Waals surface area (Å²) >= 11 is 4.44. The van der Waals surface area contributed by atoms with Crippen LogP contribution < -0.4 is 10.6 Å². The van der Waals surface area contributed by atoms with Crippen LogP contribution in [0.4, 0.5) is 11.6 Å². The predicted molar refractivity (Wildman–Crippen MR) is 138 cm³/mol. The fourth-order valence-electron chi connectivity index (χ4n) is 2.47. The second kappa shape index (κ2) is 11.0. The molecule has 5 nitrogen and oxygen atoms in total. The van der Waals surface area contributed by atoms with Gasteiger partial charge in [-0.2, -0.15) is 0 Å². The lowest BCUT2D eigenvalue weighted by Gasteiger charge is -2.05. The average molecular weight is 621 g/mol. The van der Waals surface area contributed by atoms with E-state index in [0.717, 1.165) is 18.3 Å². The standard InChI is InChI=1S/C23H17I2N3O2/c24-18-6-1-4-16(14-18)10-12-22(29)27-20-8-3-9-21(26-20)28-23(30)13-11-17-5-2-7-19(25)15-17/h1-15H,(H2,26,27,28,29,30). The number of nitrogens with zero attached hydrogens (tertiary/aromatic N) is 1. The van der Waals surface area contributed by atoms with E-state index >= 15 is 0 Å². The molecule has 7 heteroatoms. The molecule has 150 valence electrons. The van der Waals surface area contributed by atoms with Crippen molar-refractivity contribution in [3.05, 3.63) is 97.1 Å². The van der Waals surface area contributed by atoms with Crippen LogP contribution in [0.15, 0.2) is 78.9 Å². The Kier molecular flexibility index (Phi) is 8.14. The van der Waals surface area contributed by atoms with Crippen molar-refractivity contribution >= 4 is 80.8 Å². The highest BCUT2D eigenvalue weighted by molar-refractivity contribution is 14.1. The molecule has 0 unspecified atom stereocenters. The maximum Gasteiger partial charge on any atom is 0.249 e. The summed E-state index contributed by atoms with van der Waals surface area (Å²) in [5.74, 6) is 0.102. The lowest BCUT2D eigenvalue weighted by atomic mass is 10.2. The molecule has 0 radical (unpaired) electrons. The van der Waals surface area contributed by atoms with Gasteiger partial charge in [0.25, 0.3) is 0 Å². The third-order valence-corrected chi connectivity index (χ3v) is 5.15. The van der Waals surface area contributed by atoms with Gasteiger partial charge in [-0.25, -0.2) is 4.98 Å². The number of nitrogens with one attached hydrogen (secondary N) is 2. The van der Waals surface area contributed by atoms with E-state index < -0.39 is 0 Å². The summed E-state index contributed by atoms with van der Waals surface area (Å²) in [6.07, 6.45) is 6.36. The summed E-state index contributed by atoms with van der Waals surface area (Å²) in [6, 6.07) is 20.7. The lowest BCUT2D eigenvalue weighted by molar-refractivity contribution is -0.112. The van der Waals surface area contributed by atoms with Crippen LogP contribution in [-0.2, 0) is 9.59 Å². The normalized spacial score (nSPS) is 11.0. The minimum absolute atomic E-state index is 0.302. The zero-order chi connectivity index (χ0) is 21.3. The number of benzene rings is 2. The van der Waals surface area contributed by atoms with Crippen molar-refractivity contribution in [3.8, 4) is 0 Å². The van der Waals surface area contributed by atoms with Crippen LogP contribution in [0.1, 0.15) is 11.1 Å². The highest BCUT2D eigenvalue weighted by Gasteiger charge is 2.03. The zero-order valence-corrected chi connectivity index (χ0v) is 20.0. The van der Waals surface area contributed by atoms with Gasteiger partial charge in [0.15, 0.2) is 0 Å². The first kappa shape index (κ1) is 22.2. The molecule has 0 aliphatic carbocycles. The number of halogens is 2. The Morgan fingerprint density at radius 3 is 1.57 bits per heavy atom. The molecule has 0 atom stereocenters. The van der Waals surface area contributed by atoms with E-state index in [1.54, 1.807) is 30.4 Å². The number of hydrogen-bond donors (Lipinski definition) is 2. The number of pyridine rings is 1. The summed E-state index contributed by atoms with van der Waals surface area (Å²) in [6.45, 7) is 0. The summed E-state index contributed by atoms with van der Waals surface area (Å²) < 4.78 is 2.19. The van der Waals surface area contributed by atoms with Crippen LogP contribution in [0, 0.1) is 7.14 Å². The molecule has 2 amide bonds. The molecule has 3 aromatic rings. The van der Waals surface area contributed by atoms with E-state index in [0.29, 0.717) is 11.6 Å². The Balaban J connectivity index is 1.58. The highest BCUT2D eigenvalue weighted by Crippen LogP contribution is 2.12. The monoisotopic (exact) mass is 621 g/mol. The number of amides is 2.